The van der Waals surface area contributed by atoms with E-state index in [4.69, 9.17) is 5.73 Å². The first kappa shape index (κ1) is 9.94. The van der Waals surface area contributed by atoms with Crippen molar-refractivity contribution < 1.29 is 9.59 Å². The number of hydrogen-bond acceptors (Lipinski definition) is 2. The van der Waals surface area contributed by atoms with Crippen LogP contribution in [0.2, 0.25) is 0 Å². The van der Waals surface area contributed by atoms with Gasteiger partial charge in [-0.05, 0) is 6.92 Å². The number of carbonyl (C=O) groups excluding carboxylic acids is 2. The van der Waals surface area contributed by atoms with Crippen LogP contribution in [0.25, 0.3) is 0 Å². The summed E-state index contributed by atoms with van der Waals surface area (Å²) in [5.74, 6) is -0.668. The molecule has 0 bridgehead atoms. The van der Waals surface area contributed by atoms with Gasteiger partial charge in [-0.1, -0.05) is 0 Å². The highest BCUT2D eigenvalue weighted by Gasteiger charge is 2.06. The lowest BCUT2D eigenvalue weighted by Crippen LogP contribution is -2.30. The minimum atomic E-state index is -0.621. The van der Waals surface area contributed by atoms with Crippen LogP contribution in [0.15, 0.2) is 0 Å². The van der Waals surface area contributed by atoms with E-state index in [-0.39, 0.29) is 12.3 Å². The third-order valence-corrected chi connectivity index (χ3v) is 1.44. The highest BCUT2D eigenvalue weighted by Crippen LogP contribution is 1.91. The van der Waals surface area contributed by atoms with Crippen LogP contribution in [0.3, 0.4) is 0 Å². The fraction of sp³-hybridized carbons (Fsp3) is 0.714. The Hall–Kier alpha value is -1.06. The van der Waals surface area contributed by atoms with Gasteiger partial charge in [0.2, 0.25) is 11.8 Å². The SMILES string of the molecule is CCN(CCC([NH])=O)C(C)=O. The van der Waals surface area contributed by atoms with Crippen LogP contribution in [0.5, 0.6) is 0 Å². The van der Waals surface area contributed by atoms with E-state index in [1.54, 1.807) is 0 Å². The standard InChI is InChI=1S/C7H13N2O2/c1-3-9(6(2)10)5-4-7(8)11/h8H,3-5H2,1-2H3. The molecule has 0 aliphatic rings. The van der Waals surface area contributed by atoms with Gasteiger partial charge in [0.15, 0.2) is 0 Å². The zero-order chi connectivity index (χ0) is 8.85. The van der Waals surface area contributed by atoms with Crippen LogP contribution >= 0.6 is 0 Å². The summed E-state index contributed by atoms with van der Waals surface area (Å²) in [6.07, 6.45) is 0.132. The number of carbonyl (C=O) groups is 2. The smallest absolute Gasteiger partial charge is 0.240 e. The van der Waals surface area contributed by atoms with Crippen molar-refractivity contribution in [1.29, 1.82) is 0 Å². The van der Waals surface area contributed by atoms with E-state index >= 15 is 0 Å². The van der Waals surface area contributed by atoms with Crippen molar-refractivity contribution in [3.63, 3.8) is 0 Å². The van der Waals surface area contributed by atoms with Crippen LogP contribution < -0.4 is 5.73 Å². The molecule has 4 heteroatoms. The second kappa shape index (κ2) is 4.71. The average molecular weight is 157 g/mol. The molecule has 0 rings (SSSR count). The molecule has 63 valence electrons. The highest BCUT2D eigenvalue weighted by atomic mass is 16.2. The lowest BCUT2D eigenvalue weighted by molar-refractivity contribution is -0.129. The summed E-state index contributed by atoms with van der Waals surface area (Å²) in [5.41, 5.74) is 6.61. The summed E-state index contributed by atoms with van der Waals surface area (Å²) in [6, 6.07) is 0. The molecule has 4 nitrogen and oxygen atoms in total. The lowest BCUT2D eigenvalue weighted by atomic mass is 10.3. The third-order valence-electron chi connectivity index (χ3n) is 1.44. The number of hydrogen-bond donors (Lipinski definition) is 0. The first-order valence-electron chi connectivity index (χ1n) is 3.57. The topological polar surface area (TPSA) is 61.2 Å². The van der Waals surface area contributed by atoms with Crippen LogP contribution in [-0.2, 0) is 9.59 Å². The van der Waals surface area contributed by atoms with E-state index in [2.05, 4.69) is 0 Å². The summed E-state index contributed by atoms with van der Waals surface area (Å²) in [5, 5.41) is 0. The monoisotopic (exact) mass is 157 g/mol. The third kappa shape index (κ3) is 4.36. The van der Waals surface area contributed by atoms with E-state index < -0.39 is 5.91 Å². The number of amides is 2. The van der Waals surface area contributed by atoms with Crippen molar-refractivity contribution in [1.82, 2.24) is 10.6 Å². The van der Waals surface area contributed by atoms with Gasteiger partial charge in [0.1, 0.15) is 0 Å². The summed E-state index contributed by atoms with van der Waals surface area (Å²) in [4.78, 5) is 22.5. The second-order valence-electron chi connectivity index (χ2n) is 2.27. The number of rotatable bonds is 4. The van der Waals surface area contributed by atoms with Crippen molar-refractivity contribution in [2.75, 3.05) is 13.1 Å². The van der Waals surface area contributed by atoms with E-state index in [0.29, 0.717) is 13.1 Å². The van der Waals surface area contributed by atoms with Gasteiger partial charge in [0.25, 0.3) is 0 Å². The average Bonchev–Trinajstić information content (AvgIpc) is 1.87. The Labute approximate surface area is 66.4 Å². The van der Waals surface area contributed by atoms with Crippen LogP contribution in [0, 0.1) is 0 Å². The molecular formula is C7H13N2O2. The van der Waals surface area contributed by atoms with Gasteiger partial charge in [-0.15, -0.1) is 0 Å². The first-order chi connectivity index (χ1) is 5.07. The Morgan fingerprint density at radius 2 is 2.00 bits per heavy atom. The largest absolute Gasteiger partial charge is 0.343 e. The van der Waals surface area contributed by atoms with Gasteiger partial charge in [0, 0.05) is 26.4 Å². The van der Waals surface area contributed by atoms with Crippen LogP contribution in [-0.4, -0.2) is 29.8 Å². The lowest BCUT2D eigenvalue weighted by Gasteiger charge is -2.17. The number of nitrogens with one attached hydrogen (secondary N) is 1. The molecule has 1 radical (unpaired) electrons. The minimum Gasteiger partial charge on any atom is -0.343 e. The molecule has 0 aromatic rings. The molecule has 2 amide bonds. The molecule has 0 saturated carbocycles. The predicted molar refractivity (Wildman–Crippen MR) is 40.6 cm³/mol. The van der Waals surface area contributed by atoms with E-state index in [1.807, 2.05) is 6.92 Å². The summed E-state index contributed by atoms with van der Waals surface area (Å²) < 4.78 is 0. The van der Waals surface area contributed by atoms with Gasteiger partial charge in [-0.2, -0.15) is 0 Å². The molecule has 1 N–H and O–H groups in total. The Morgan fingerprint density at radius 3 is 2.27 bits per heavy atom. The van der Waals surface area contributed by atoms with E-state index in [9.17, 15) is 9.59 Å². The molecule has 0 aliphatic heterocycles. The summed E-state index contributed by atoms with van der Waals surface area (Å²) >= 11 is 0. The van der Waals surface area contributed by atoms with Gasteiger partial charge in [-0.3, -0.25) is 15.3 Å². The number of nitrogens with zero attached hydrogens (tertiary/aromatic N) is 1. The Balaban J connectivity index is 3.70. The molecule has 0 aromatic carbocycles. The van der Waals surface area contributed by atoms with Crippen molar-refractivity contribution >= 4 is 11.8 Å². The normalized spacial score (nSPS) is 9.27. The molecule has 0 spiro atoms. The fourth-order valence-corrected chi connectivity index (χ4v) is 0.775. The predicted octanol–water partition coefficient (Wildman–Crippen LogP) is 0.0544. The molecule has 0 aromatic heterocycles. The maximum Gasteiger partial charge on any atom is 0.240 e. The van der Waals surface area contributed by atoms with Crippen molar-refractivity contribution in [3.05, 3.63) is 0 Å². The fourth-order valence-electron chi connectivity index (χ4n) is 0.775. The zero-order valence-electron chi connectivity index (χ0n) is 6.89. The van der Waals surface area contributed by atoms with Crippen LogP contribution in [0.4, 0.5) is 0 Å². The molecule has 0 fully saturated rings. The summed E-state index contributed by atoms with van der Waals surface area (Å²) in [6.45, 7) is 4.27. The quantitative estimate of drug-likeness (QED) is 0.579. The molecule has 0 atom stereocenters. The van der Waals surface area contributed by atoms with Crippen molar-refractivity contribution in [3.8, 4) is 0 Å². The van der Waals surface area contributed by atoms with Crippen molar-refractivity contribution in [2.24, 2.45) is 0 Å². The van der Waals surface area contributed by atoms with Gasteiger partial charge >= 0.3 is 0 Å². The van der Waals surface area contributed by atoms with Crippen LogP contribution in [0.1, 0.15) is 20.3 Å². The van der Waals surface area contributed by atoms with Crippen molar-refractivity contribution in [2.45, 2.75) is 20.3 Å². The summed E-state index contributed by atoms with van der Waals surface area (Å²) in [7, 11) is 0. The zero-order valence-corrected chi connectivity index (χ0v) is 6.89. The Kier molecular flexibility index (Phi) is 4.26. The van der Waals surface area contributed by atoms with Gasteiger partial charge in [0.05, 0.1) is 0 Å². The maximum atomic E-state index is 10.7. The molecule has 0 aliphatic carbocycles. The Morgan fingerprint density at radius 1 is 1.45 bits per heavy atom. The first-order valence-corrected chi connectivity index (χ1v) is 3.57. The maximum absolute atomic E-state index is 10.7. The highest BCUT2D eigenvalue weighted by molar-refractivity contribution is 5.76. The minimum absolute atomic E-state index is 0.0475. The van der Waals surface area contributed by atoms with Gasteiger partial charge < -0.3 is 4.90 Å². The molecule has 11 heavy (non-hydrogen) atoms. The Bertz CT molecular complexity index is 157. The molecular weight excluding hydrogens is 144 g/mol. The van der Waals surface area contributed by atoms with E-state index in [0.717, 1.165) is 0 Å². The van der Waals surface area contributed by atoms with Gasteiger partial charge in [-0.25, -0.2) is 0 Å². The molecule has 0 heterocycles. The second-order valence-corrected chi connectivity index (χ2v) is 2.27. The molecule has 0 saturated heterocycles. The molecule has 0 unspecified atom stereocenters. The van der Waals surface area contributed by atoms with E-state index in [1.165, 1.54) is 11.8 Å².